The zero-order valence-electron chi connectivity index (χ0n) is 9.80. The molecule has 0 aromatic heterocycles. The first-order valence-electron chi connectivity index (χ1n) is 6.00. The standard InChI is InChI=1S/C13H13ClN2O2/c14-10-3-1-2-9(6-10)7-16-12(17)8-15(13(16)18)11-4-5-11/h1-3,6,11H,4-5,7-8H2. The van der Waals surface area contributed by atoms with Gasteiger partial charge in [0.2, 0.25) is 0 Å². The Labute approximate surface area is 110 Å². The Morgan fingerprint density at radius 3 is 2.72 bits per heavy atom. The number of benzene rings is 1. The lowest BCUT2D eigenvalue weighted by atomic mass is 10.2. The average Bonchev–Trinajstić information content (AvgIpc) is 3.12. The molecule has 1 heterocycles. The minimum absolute atomic E-state index is 0.119. The van der Waals surface area contributed by atoms with Gasteiger partial charge in [-0.25, -0.2) is 4.79 Å². The third-order valence-corrected chi connectivity index (χ3v) is 3.54. The van der Waals surface area contributed by atoms with Crippen molar-refractivity contribution < 1.29 is 9.59 Å². The highest BCUT2D eigenvalue weighted by molar-refractivity contribution is 6.30. The lowest BCUT2D eigenvalue weighted by Gasteiger charge is -2.16. The molecule has 1 aliphatic carbocycles. The molecular formula is C13H13ClN2O2. The Morgan fingerprint density at radius 2 is 2.06 bits per heavy atom. The molecule has 1 aromatic rings. The molecule has 0 atom stereocenters. The van der Waals surface area contributed by atoms with Crippen LogP contribution in [-0.4, -0.2) is 34.3 Å². The zero-order chi connectivity index (χ0) is 12.7. The van der Waals surface area contributed by atoms with Crippen molar-refractivity contribution in [2.45, 2.75) is 25.4 Å². The predicted molar refractivity (Wildman–Crippen MR) is 67.1 cm³/mol. The fourth-order valence-corrected chi connectivity index (χ4v) is 2.42. The molecule has 2 fully saturated rings. The van der Waals surface area contributed by atoms with Crippen LogP contribution < -0.4 is 0 Å². The first-order chi connectivity index (χ1) is 8.65. The van der Waals surface area contributed by atoms with E-state index in [2.05, 4.69) is 0 Å². The van der Waals surface area contributed by atoms with Crippen LogP contribution in [0, 0.1) is 0 Å². The van der Waals surface area contributed by atoms with Crippen molar-refractivity contribution >= 4 is 23.5 Å². The molecule has 0 spiro atoms. The van der Waals surface area contributed by atoms with Gasteiger partial charge in [-0.15, -0.1) is 0 Å². The van der Waals surface area contributed by atoms with Crippen LogP contribution in [0.3, 0.4) is 0 Å². The summed E-state index contributed by atoms with van der Waals surface area (Å²) in [6, 6.07) is 7.36. The number of carbonyl (C=O) groups excluding carboxylic acids is 2. The van der Waals surface area contributed by atoms with Crippen LogP contribution in [0.2, 0.25) is 5.02 Å². The summed E-state index contributed by atoms with van der Waals surface area (Å²) in [6.07, 6.45) is 2.04. The molecule has 0 bridgehead atoms. The number of nitrogens with zero attached hydrogens (tertiary/aromatic N) is 2. The lowest BCUT2D eigenvalue weighted by molar-refractivity contribution is -0.125. The molecule has 1 aliphatic heterocycles. The van der Waals surface area contributed by atoms with E-state index in [0.717, 1.165) is 18.4 Å². The van der Waals surface area contributed by atoms with Crippen molar-refractivity contribution in [3.8, 4) is 0 Å². The van der Waals surface area contributed by atoms with Gasteiger partial charge in [-0.2, -0.15) is 0 Å². The van der Waals surface area contributed by atoms with Gasteiger partial charge in [0.05, 0.1) is 6.54 Å². The Bertz CT molecular complexity index is 513. The van der Waals surface area contributed by atoms with Crippen LogP contribution in [0.25, 0.3) is 0 Å². The minimum atomic E-state index is -0.164. The molecule has 1 saturated carbocycles. The highest BCUT2D eigenvalue weighted by atomic mass is 35.5. The largest absolute Gasteiger partial charge is 0.327 e. The van der Waals surface area contributed by atoms with Gasteiger partial charge in [0.25, 0.3) is 5.91 Å². The van der Waals surface area contributed by atoms with Crippen molar-refractivity contribution in [3.05, 3.63) is 34.9 Å². The highest BCUT2D eigenvalue weighted by Crippen LogP contribution is 2.30. The Balaban J connectivity index is 1.76. The summed E-state index contributed by atoms with van der Waals surface area (Å²) in [5, 5.41) is 0.616. The SMILES string of the molecule is O=C1CN(C2CC2)C(=O)N1Cc1cccc(Cl)c1. The summed E-state index contributed by atoms with van der Waals surface area (Å²) < 4.78 is 0. The number of amides is 3. The van der Waals surface area contributed by atoms with E-state index in [4.69, 9.17) is 11.6 Å². The third-order valence-electron chi connectivity index (χ3n) is 3.30. The van der Waals surface area contributed by atoms with E-state index < -0.39 is 0 Å². The molecule has 3 rings (SSSR count). The van der Waals surface area contributed by atoms with Gasteiger partial charge in [-0.3, -0.25) is 9.69 Å². The topological polar surface area (TPSA) is 40.6 Å². The summed E-state index contributed by atoms with van der Waals surface area (Å²) in [7, 11) is 0. The van der Waals surface area contributed by atoms with Gasteiger partial charge in [-0.05, 0) is 30.5 Å². The van der Waals surface area contributed by atoms with Crippen LogP contribution in [0.15, 0.2) is 24.3 Å². The van der Waals surface area contributed by atoms with Gasteiger partial charge in [0.1, 0.15) is 6.54 Å². The maximum atomic E-state index is 12.1. The third kappa shape index (κ3) is 2.08. The number of rotatable bonds is 3. The number of hydrogen-bond donors (Lipinski definition) is 0. The van der Waals surface area contributed by atoms with E-state index in [9.17, 15) is 9.59 Å². The van der Waals surface area contributed by atoms with Gasteiger partial charge < -0.3 is 4.90 Å². The number of urea groups is 1. The number of halogens is 1. The fraction of sp³-hybridized carbons (Fsp3) is 0.385. The Kier molecular flexibility index (Phi) is 2.74. The Hall–Kier alpha value is -1.55. The summed E-state index contributed by atoms with van der Waals surface area (Å²) >= 11 is 5.89. The van der Waals surface area contributed by atoms with Crippen LogP contribution in [0.1, 0.15) is 18.4 Å². The summed E-state index contributed by atoms with van der Waals surface area (Å²) in [4.78, 5) is 26.9. The van der Waals surface area contributed by atoms with E-state index >= 15 is 0 Å². The van der Waals surface area contributed by atoms with Gasteiger partial charge >= 0.3 is 6.03 Å². The summed E-state index contributed by atoms with van der Waals surface area (Å²) in [5.41, 5.74) is 0.877. The van der Waals surface area contributed by atoms with Gasteiger partial charge in [-0.1, -0.05) is 23.7 Å². The first-order valence-corrected chi connectivity index (χ1v) is 6.38. The molecule has 1 saturated heterocycles. The molecule has 0 unspecified atom stereocenters. The normalized spacial score (nSPS) is 19.8. The lowest BCUT2D eigenvalue weighted by Crippen LogP contribution is -2.33. The van der Waals surface area contributed by atoms with Crippen molar-refractivity contribution in [2.75, 3.05) is 6.54 Å². The quantitative estimate of drug-likeness (QED) is 0.786. The molecule has 1 aromatic carbocycles. The predicted octanol–water partition coefficient (Wildman–Crippen LogP) is 2.27. The van der Waals surface area contributed by atoms with Gasteiger partial charge in [0, 0.05) is 11.1 Å². The van der Waals surface area contributed by atoms with Crippen LogP contribution >= 0.6 is 11.6 Å². The van der Waals surface area contributed by atoms with E-state index in [1.807, 2.05) is 12.1 Å². The van der Waals surface area contributed by atoms with Crippen LogP contribution in [-0.2, 0) is 11.3 Å². The second kappa shape index (κ2) is 4.28. The molecule has 18 heavy (non-hydrogen) atoms. The van der Waals surface area contributed by atoms with E-state index in [-0.39, 0.29) is 24.5 Å². The molecule has 2 aliphatic rings. The molecule has 3 amide bonds. The smallest absolute Gasteiger partial charge is 0.312 e. The molecule has 0 radical (unpaired) electrons. The molecule has 0 N–H and O–H groups in total. The first kappa shape index (κ1) is 11.5. The second-order valence-electron chi connectivity index (χ2n) is 4.75. The van der Waals surface area contributed by atoms with Gasteiger partial charge in [0.15, 0.2) is 0 Å². The van der Waals surface area contributed by atoms with E-state index in [0.29, 0.717) is 11.6 Å². The van der Waals surface area contributed by atoms with E-state index in [1.165, 1.54) is 4.90 Å². The number of carbonyl (C=O) groups is 2. The summed E-state index contributed by atoms with van der Waals surface area (Å²) in [6.45, 7) is 0.533. The maximum Gasteiger partial charge on any atom is 0.327 e. The second-order valence-corrected chi connectivity index (χ2v) is 5.19. The fourth-order valence-electron chi connectivity index (χ4n) is 2.21. The van der Waals surface area contributed by atoms with Crippen molar-refractivity contribution in [1.82, 2.24) is 9.80 Å². The Morgan fingerprint density at radius 1 is 1.28 bits per heavy atom. The minimum Gasteiger partial charge on any atom is -0.312 e. The zero-order valence-corrected chi connectivity index (χ0v) is 10.6. The van der Waals surface area contributed by atoms with Crippen molar-refractivity contribution in [3.63, 3.8) is 0 Å². The molecular weight excluding hydrogens is 252 g/mol. The van der Waals surface area contributed by atoms with Crippen LogP contribution in [0.5, 0.6) is 0 Å². The molecule has 4 nitrogen and oxygen atoms in total. The highest BCUT2D eigenvalue weighted by Gasteiger charge is 2.43. The van der Waals surface area contributed by atoms with Crippen molar-refractivity contribution in [2.24, 2.45) is 0 Å². The number of hydrogen-bond acceptors (Lipinski definition) is 2. The van der Waals surface area contributed by atoms with Crippen molar-refractivity contribution in [1.29, 1.82) is 0 Å². The molecule has 94 valence electrons. The maximum absolute atomic E-state index is 12.1. The average molecular weight is 265 g/mol. The summed E-state index contributed by atoms with van der Waals surface area (Å²) in [5.74, 6) is -0.119. The number of imide groups is 1. The monoisotopic (exact) mass is 264 g/mol. The van der Waals surface area contributed by atoms with Crippen LogP contribution in [0.4, 0.5) is 4.79 Å². The van der Waals surface area contributed by atoms with E-state index in [1.54, 1.807) is 17.0 Å². The molecule has 5 heteroatoms.